The van der Waals surface area contributed by atoms with E-state index >= 15 is 0 Å². The van der Waals surface area contributed by atoms with Gasteiger partial charge in [0.2, 0.25) is 0 Å². The predicted molar refractivity (Wildman–Crippen MR) is 67.7 cm³/mol. The zero-order valence-electron chi connectivity index (χ0n) is 9.29. The second-order valence-electron chi connectivity index (χ2n) is 3.70. The number of hydrogen-bond donors (Lipinski definition) is 3. The predicted octanol–water partition coefficient (Wildman–Crippen LogP) is 2.62. The van der Waals surface area contributed by atoms with Crippen molar-refractivity contribution in [3.05, 3.63) is 35.4 Å². The molecule has 0 amide bonds. The third-order valence-electron chi connectivity index (χ3n) is 1.95. The zero-order valence-corrected chi connectivity index (χ0v) is 10.0. The zero-order chi connectivity index (χ0) is 12.1. The summed E-state index contributed by atoms with van der Waals surface area (Å²) in [6.07, 6.45) is 3.19. The molecule has 0 atom stereocenters. The summed E-state index contributed by atoms with van der Waals surface area (Å²) in [7, 11) is 0. The van der Waals surface area contributed by atoms with E-state index in [0.717, 1.165) is 5.69 Å². The molecule has 0 aliphatic heterocycles. The van der Waals surface area contributed by atoms with E-state index in [1.54, 1.807) is 24.4 Å². The number of allylic oxidation sites excluding steroid dienone is 1. The lowest BCUT2D eigenvalue weighted by Crippen LogP contribution is -2.13. The first-order chi connectivity index (χ1) is 7.49. The summed E-state index contributed by atoms with van der Waals surface area (Å²) in [4.78, 5) is 3.86. The second-order valence-corrected chi connectivity index (χ2v) is 4.09. The third kappa shape index (κ3) is 3.90. The van der Waals surface area contributed by atoms with Gasteiger partial charge in [0.1, 0.15) is 11.0 Å². The van der Waals surface area contributed by atoms with E-state index in [1.165, 1.54) is 0 Å². The smallest absolute Gasteiger partial charge is 0.131 e. The van der Waals surface area contributed by atoms with E-state index in [2.05, 4.69) is 10.3 Å². The van der Waals surface area contributed by atoms with Gasteiger partial charge in [-0.2, -0.15) is 0 Å². The van der Waals surface area contributed by atoms with E-state index in [0.29, 0.717) is 16.7 Å². The molecule has 16 heavy (non-hydrogen) atoms. The summed E-state index contributed by atoms with van der Waals surface area (Å²) in [5.74, 6) is 0.572. The molecular weight excluding hydrogens is 224 g/mol. The molecule has 1 rings (SSSR count). The highest BCUT2D eigenvalue weighted by Gasteiger charge is 2.01. The van der Waals surface area contributed by atoms with Gasteiger partial charge in [-0.1, -0.05) is 25.4 Å². The Hall–Kier alpha value is -1.55. The number of hydrogen-bond acceptors (Lipinski definition) is 4. The third-order valence-corrected chi connectivity index (χ3v) is 2.15. The second kappa shape index (κ2) is 5.51. The van der Waals surface area contributed by atoms with Crippen LogP contribution in [0.15, 0.2) is 30.2 Å². The number of nitrogens with zero attached hydrogens (tertiary/aromatic N) is 1. The average molecular weight is 239 g/mol. The Morgan fingerprint density at radius 1 is 1.62 bits per heavy atom. The highest BCUT2D eigenvalue weighted by Crippen LogP contribution is 2.12. The molecule has 1 aromatic heterocycles. The van der Waals surface area contributed by atoms with Crippen LogP contribution >= 0.6 is 11.6 Å². The molecule has 0 bridgehead atoms. The van der Waals surface area contributed by atoms with Gasteiger partial charge in [0.15, 0.2) is 0 Å². The summed E-state index contributed by atoms with van der Waals surface area (Å²) in [5.41, 5.74) is 6.97. The molecule has 0 saturated heterocycles. The topological polar surface area (TPSA) is 74.8 Å². The van der Waals surface area contributed by atoms with Crippen molar-refractivity contribution in [1.82, 2.24) is 4.98 Å². The lowest BCUT2D eigenvalue weighted by Gasteiger charge is -2.08. The van der Waals surface area contributed by atoms with Crippen LogP contribution in [0.2, 0.25) is 5.15 Å². The SMILES string of the molecule is CC(C)C(=N)/C=C(/N)Nc1ccnc(Cl)c1. The fourth-order valence-corrected chi connectivity index (χ4v) is 1.19. The number of aromatic nitrogens is 1. The molecule has 0 aromatic carbocycles. The molecule has 0 saturated carbocycles. The van der Waals surface area contributed by atoms with Crippen LogP contribution in [0.25, 0.3) is 0 Å². The van der Waals surface area contributed by atoms with E-state index in [4.69, 9.17) is 22.7 Å². The summed E-state index contributed by atoms with van der Waals surface area (Å²) in [6.45, 7) is 3.88. The van der Waals surface area contributed by atoms with Crippen LogP contribution < -0.4 is 11.1 Å². The van der Waals surface area contributed by atoms with Gasteiger partial charge in [0, 0.05) is 17.6 Å². The van der Waals surface area contributed by atoms with Crippen molar-refractivity contribution in [2.24, 2.45) is 11.7 Å². The summed E-state index contributed by atoms with van der Waals surface area (Å²) in [6, 6.07) is 3.42. The Kier molecular flexibility index (Phi) is 4.31. The number of nitrogens with one attached hydrogen (secondary N) is 2. The number of rotatable bonds is 4. The molecule has 86 valence electrons. The van der Waals surface area contributed by atoms with Gasteiger partial charge in [-0.3, -0.25) is 0 Å². The molecule has 0 aliphatic carbocycles. The van der Waals surface area contributed by atoms with Crippen molar-refractivity contribution >= 4 is 23.0 Å². The molecule has 4 N–H and O–H groups in total. The molecule has 1 aromatic rings. The van der Waals surface area contributed by atoms with E-state index in [9.17, 15) is 0 Å². The van der Waals surface area contributed by atoms with Crippen LogP contribution in [0.1, 0.15) is 13.8 Å². The normalized spacial score (nSPS) is 11.6. The number of nitrogens with two attached hydrogens (primary N) is 1. The lowest BCUT2D eigenvalue weighted by molar-refractivity contribution is 0.881. The van der Waals surface area contributed by atoms with Crippen molar-refractivity contribution in [1.29, 1.82) is 5.41 Å². The summed E-state index contributed by atoms with van der Waals surface area (Å²) in [5, 5.41) is 11.0. The molecule has 5 heteroatoms. The molecule has 0 aliphatic rings. The van der Waals surface area contributed by atoms with Crippen LogP contribution in [0, 0.1) is 11.3 Å². The van der Waals surface area contributed by atoms with Gasteiger partial charge < -0.3 is 16.5 Å². The first kappa shape index (κ1) is 12.5. The summed E-state index contributed by atoms with van der Waals surface area (Å²) >= 11 is 5.73. The average Bonchev–Trinajstić information content (AvgIpc) is 2.16. The van der Waals surface area contributed by atoms with Crippen molar-refractivity contribution in [3.63, 3.8) is 0 Å². The van der Waals surface area contributed by atoms with Gasteiger partial charge >= 0.3 is 0 Å². The number of halogens is 1. The number of pyridine rings is 1. The van der Waals surface area contributed by atoms with E-state index in [1.807, 2.05) is 13.8 Å². The Bertz CT molecular complexity index is 412. The minimum absolute atomic E-state index is 0.154. The fourth-order valence-electron chi connectivity index (χ4n) is 1.02. The monoisotopic (exact) mass is 238 g/mol. The van der Waals surface area contributed by atoms with Gasteiger partial charge in [0.25, 0.3) is 0 Å². The molecule has 1 heterocycles. The standard InChI is InChI=1S/C11H15ClN4/c1-7(2)9(13)6-11(14)16-8-3-4-15-10(12)5-8/h3-7,13H,14H2,1-2H3,(H,15,16)/b11-6-,13-9?. The molecule has 4 nitrogen and oxygen atoms in total. The first-order valence-electron chi connectivity index (χ1n) is 4.93. The number of anilines is 1. The summed E-state index contributed by atoms with van der Waals surface area (Å²) < 4.78 is 0. The molecule has 0 fully saturated rings. The minimum Gasteiger partial charge on any atom is -0.385 e. The molecule has 0 radical (unpaired) electrons. The lowest BCUT2D eigenvalue weighted by atomic mass is 10.1. The Morgan fingerprint density at radius 2 is 2.31 bits per heavy atom. The molecule has 0 unspecified atom stereocenters. The van der Waals surface area contributed by atoms with Crippen molar-refractivity contribution in [2.45, 2.75) is 13.8 Å². The van der Waals surface area contributed by atoms with Gasteiger partial charge in [0.05, 0.1) is 0 Å². The largest absolute Gasteiger partial charge is 0.385 e. The maximum atomic E-state index is 7.65. The Morgan fingerprint density at radius 3 is 2.88 bits per heavy atom. The van der Waals surface area contributed by atoms with Crippen LogP contribution in [0.4, 0.5) is 5.69 Å². The van der Waals surface area contributed by atoms with Gasteiger partial charge in [-0.05, 0) is 24.1 Å². The Labute approximate surface area is 100 Å². The first-order valence-corrected chi connectivity index (χ1v) is 5.31. The highest BCUT2D eigenvalue weighted by molar-refractivity contribution is 6.29. The van der Waals surface area contributed by atoms with Crippen LogP contribution in [0.5, 0.6) is 0 Å². The van der Waals surface area contributed by atoms with Crippen molar-refractivity contribution < 1.29 is 0 Å². The van der Waals surface area contributed by atoms with Crippen LogP contribution in [-0.2, 0) is 0 Å². The Balaban J connectivity index is 2.71. The highest BCUT2D eigenvalue weighted by atomic mass is 35.5. The van der Waals surface area contributed by atoms with Crippen molar-refractivity contribution in [3.8, 4) is 0 Å². The minimum atomic E-state index is 0.154. The maximum Gasteiger partial charge on any atom is 0.131 e. The van der Waals surface area contributed by atoms with Crippen LogP contribution in [-0.4, -0.2) is 10.7 Å². The van der Waals surface area contributed by atoms with Crippen molar-refractivity contribution in [2.75, 3.05) is 5.32 Å². The van der Waals surface area contributed by atoms with E-state index in [-0.39, 0.29) is 5.92 Å². The fraction of sp³-hybridized carbons (Fsp3) is 0.273. The van der Waals surface area contributed by atoms with Gasteiger partial charge in [-0.15, -0.1) is 0 Å². The quantitative estimate of drug-likeness (QED) is 0.558. The van der Waals surface area contributed by atoms with Crippen LogP contribution in [0.3, 0.4) is 0 Å². The van der Waals surface area contributed by atoms with Gasteiger partial charge in [-0.25, -0.2) is 4.98 Å². The van der Waals surface area contributed by atoms with E-state index < -0.39 is 0 Å². The maximum absolute atomic E-state index is 7.65. The molecular formula is C11H15ClN4. The molecule has 0 spiro atoms.